The largest absolute Gasteiger partial charge is 0.435 e. The number of nitrogens with one attached hydrogen (secondary N) is 1. The van der Waals surface area contributed by atoms with Gasteiger partial charge < -0.3 is 14.8 Å². The molecule has 0 saturated carbocycles. The number of halogens is 2. The van der Waals surface area contributed by atoms with E-state index in [9.17, 15) is 23.6 Å². The zero-order valence-corrected chi connectivity index (χ0v) is 18.2. The van der Waals surface area contributed by atoms with Crippen molar-refractivity contribution in [2.45, 2.75) is 39.5 Å². The molecule has 0 unspecified atom stereocenters. The second-order valence-electron chi connectivity index (χ2n) is 6.78. The fourth-order valence-electron chi connectivity index (χ4n) is 2.70. The Morgan fingerprint density at radius 2 is 2.00 bits per heavy atom. The van der Waals surface area contributed by atoms with E-state index < -0.39 is 12.5 Å². The third kappa shape index (κ3) is 6.73. The molecule has 1 heterocycles. The lowest BCUT2D eigenvalue weighted by Crippen LogP contribution is -2.37. The molecule has 0 radical (unpaired) electrons. The summed E-state index contributed by atoms with van der Waals surface area (Å²) in [5.41, 5.74) is 0.0864. The number of ether oxygens (including phenoxy) is 2. The van der Waals surface area contributed by atoms with E-state index >= 15 is 0 Å². The number of alkyl halides is 2. The van der Waals surface area contributed by atoms with E-state index in [4.69, 9.17) is 4.74 Å². The van der Waals surface area contributed by atoms with Crippen LogP contribution in [0.1, 0.15) is 25.8 Å². The number of rotatable bonds is 9. The second kappa shape index (κ2) is 11.4. The standard InChI is InChI=1S/C21H23F2N3O4S/c1-13(2)25-18(27)16(12-24)20-26(9-4-10-29-3)19(28)17(31-20)11-14-5-7-15(8-6-14)30-21(22)23/h5-8,11,13,21H,4,9-10H2,1-3H3,(H,25,27). The first-order valence-electron chi connectivity index (χ1n) is 9.47. The van der Waals surface area contributed by atoms with Gasteiger partial charge in [-0.2, -0.15) is 14.0 Å². The van der Waals surface area contributed by atoms with Crippen LogP contribution in [-0.2, 0) is 16.1 Å². The molecule has 2 rings (SSSR count). The van der Waals surface area contributed by atoms with Crippen molar-refractivity contribution in [3.8, 4) is 11.8 Å². The van der Waals surface area contributed by atoms with E-state index in [1.807, 2.05) is 6.07 Å². The molecule has 31 heavy (non-hydrogen) atoms. The summed E-state index contributed by atoms with van der Waals surface area (Å²) < 4.78 is 35.9. The van der Waals surface area contributed by atoms with Gasteiger partial charge in [0.1, 0.15) is 16.5 Å². The molecule has 7 nitrogen and oxygen atoms in total. The van der Waals surface area contributed by atoms with Crippen molar-refractivity contribution in [3.63, 3.8) is 0 Å². The number of aromatic nitrogens is 1. The maximum absolute atomic E-state index is 13.0. The Morgan fingerprint density at radius 1 is 1.32 bits per heavy atom. The second-order valence-corrected chi connectivity index (χ2v) is 7.81. The summed E-state index contributed by atoms with van der Waals surface area (Å²) in [6, 6.07) is 7.53. The van der Waals surface area contributed by atoms with Crippen LogP contribution in [0.25, 0.3) is 11.6 Å². The minimum absolute atomic E-state index is 0.00134. The Hall–Kier alpha value is -3.03. The number of carbonyl (C=O) groups is 1. The zero-order valence-electron chi connectivity index (χ0n) is 17.4. The highest BCUT2D eigenvalue weighted by molar-refractivity contribution is 7.07. The number of amides is 1. The van der Waals surface area contributed by atoms with Gasteiger partial charge in [-0.1, -0.05) is 12.1 Å². The Kier molecular flexibility index (Phi) is 8.90. The van der Waals surface area contributed by atoms with Gasteiger partial charge in [-0.3, -0.25) is 14.2 Å². The highest BCUT2D eigenvalue weighted by Crippen LogP contribution is 2.15. The first-order chi connectivity index (χ1) is 14.8. The summed E-state index contributed by atoms with van der Waals surface area (Å²) in [6.07, 6.45) is 2.09. The van der Waals surface area contributed by atoms with E-state index in [0.717, 1.165) is 11.3 Å². The average molecular weight is 451 g/mol. The summed E-state index contributed by atoms with van der Waals surface area (Å²) >= 11 is 1.02. The summed E-state index contributed by atoms with van der Waals surface area (Å²) in [5, 5.41) is 12.3. The molecule has 2 aromatic rings. The number of methoxy groups -OCH3 is 1. The zero-order chi connectivity index (χ0) is 23.0. The third-order valence-corrected chi connectivity index (χ3v) is 5.14. The number of thiazole rings is 1. The van der Waals surface area contributed by atoms with Crippen molar-refractivity contribution < 1.29 is 23.0 Å². The Balaban J connectivity index is 2.59. The van der Waals surface area contributed by atoms with E-state index in [1.54, 1.807) is 27.0 Å². The van der Waals surface area contributed by atoms with Crippen LogP contribution in [0, 0.1) is 11.3 Å². The number of hydrogen-bond donors (Lipinski definition) is 1. The third-order valence-electron chi connectivity index (χ3n) is 4.01. The van der Waals surface area contributed by atoms with Crippen molar-refractivity contribution >= 4 is 28.9 Å². The normalized spacial score (nSPS) is 12.8. The highest BCUT2D eigenvalue weighted by atomic mass is 32.1. The molecule has 1 N–H and O–H groups in total. The Bertz CT molecular complexity index is 1120. The van der Waals surface area contributed by atoms with Gasteiger partial charge in [0.05, 0.1) is 4.53 Å². The smallest absolute Gasteiger partial charge is 0.387 e. The van der Waals surface area contributed by atoms with Crippen LogP contribution in [0.2, 0.25) is 0 Å². The monoisotopic (exact) mass is 451 g/mol. The molecule has 1 aromatic heterocycles. The molecular formula is C21H23F2N3O4S. The molecule has 0 aliphatic rings. The topological polar surface area (TPSA) is 93.3 Å². The van der Waals surface area contributed by atoms with Crippen LogP contribution in [0.15, 0.2) is 29.1 Å². The molecule has 0 spiro atoms. The molecule has 166 valence electrons. The fourth-order valence-corrected chi connectivity index (χ4v) is 3.83. The van der Waals surface area contributed by atoms with Crippen LogP contribution in [-0.4, -0.2) is 36.8 Å². The van der Waals surface area contributed by atoms with Crippen LogP contribution in [0.4, 0.5) is 8.78 Å². The minimum Gasteiger partial charge on any atom is -0.435 e. The number of hydrogen-bond acceptors (Lipinski definition) is 6. The molecule has 0 aliphatic heterocycles. The quantitative estimate of drug-likeness (QED) is 0.585. The lowest BCUT2D eigenvalue weighted by Gasteiger charge is -2.07. The van der Waals surface area contributed by atoms with Crippen molar-refractivity contribution in [1.82, 2.24) is 9.88 Å². The molecule has 0 aliphatic carbocycles. The molecule has 1 amide bonds. The van der Waals surface area contributed by atoms with Gasteiger partial charge in [-0.05, 0) is 44.0 Å². The average Bonchev–Trinajstić information content (AvgIpc) is 2.99. The van der Waals surface area contributed by atoms with Gasteiger partial charge in [0.25, 0.3) is 11.5 Å². The Morgan fingerprint density at radius 3 is 2.55 bits per heavy atom. The van der Waals surface area contributed by atoms with Gasteiger partial charge in [0.2, 0.25) is 0 Å². The molecule has 0 bridgehead atoms. The summed E-state index contributed by atoms with van der Waals surface area (Å²) in [5.74, 6) is -0.555. The fraction of sp³-hybridized carbons (Fsp3) is 0.381. The van der Waals surface area contributed by atoms with Crippen molar-refractivity contribution in [3.05, 3.63) is 49.4 Å². The van der Waals surface area contributed by atoms with Gasteiger partial charge in [-0.15, -0.1) is 11.3 Å². The lowest BCUT2D eigenvalue weighted by atomic mass is 10.2. The maximum atomic E-state index is 13.0. The van der Waals surface area contributed by atoms with Gasteiger partial charge >= 0.3 is 6.61 Å². The highest BCUT2D eigenvalue weighted by Gasteiger charge is 2.16. The van der Waals surface area contributed by atoms with Crippen molar-refractivity contribution in [1.29, 1.82) is 5.26 Å². The molecular weight excluding hydrogens is 428 g/mol. The van der Waals surface area contributed by atoms with E-state index in [0.29, 0.717) is 23.1 Å². The van der Waals surface area contributed by atoms with Gasteiger partial charge in [0, 0.05) is 26.3 Å². The number of nitrogens with zero attached hydrogens (tertiary/aromatic N) is 2. The number of nitriles is 1. The summed E-state index contributed by atoms with van der Waals surface area (Å²) in [7, 11) is 1.54. The van der Waals surface area contributed by atoms with Crippen LogP contribution < -0.4 is 24.8 Å². The van der Waals surface area contributed by atoms with Crippen LogP contribution >= 0.6 is 11.3 Å². The van der Waals surface area contributed by atoms with Crippen molar-refractivity contribution in [2.24, 2.45) is 0 Å². The first kappa shape index (κ1) is 24.2. The van der Waals surface area contributed by atoms with Gasteiger partial charge in [0.15, 0.2) is 5.57 Å². The van der Waals surface area contributed by atoms with E-state index in [2.05, 4.69) is 10.1 Å². The van der Waals surface area contributed by atoms with Crippen LogP contribution in [0.5, 0.6) is 5.75 Å². The Labute approximate surface area is 181 Å². The van der Waals surface area contributed by atoms with Gasteiger partial charge in [-0.25, -0.2) is 0 Å². The summed E-state index contributed by atoms with van der Waals surface area (Å²) in [6.45, 7) is 1.30. The maximum Gasteiger partial charge on any atom is 0.387 e. The number of benzene rings is 1. The number of carbonyl (C=O) groups excluding carboxylic acids is 1. The predicted octanol–water partition coefficient (Wildman–Crippen LogP) is 1.58. The molecule has 0 fully saturated rings. The van der Waals surface area contributed by atoms with E-state index in [1.165, 1.54) is 28.8 Å². The molecule has 1 aromatic carbocycles. The predicted molar refractivity (Wildman–Crippen MR) is 113 cm³/mol. The van der Waals surface area contributed by atoms with Crippen LogP contribution in [0.3, 0.4) is 0 Å². The lowest BCUT2D eigenvalue weighted by molar-refractivity contribution is -0.116. The first-order valence-corrected chi connectivity index (χ1v) is 10.3. The summed E-state index contributed by atoms with van der Waals surface area (Å²) in [4.78, 5) is 25.5. The van der Waals surface area contributed by atoms with E-state index in [-0.39, 0.29) is 34.1 Å². The SMILES string of the molecule is COCCCn1c(=C(C#N)C(=O)NC(C)C)sc(=Cc2ccc(OC(F)F)cc2)c1=O. The van der Waals surface area contributed by atoms with Crippen molar-refractivity contribution in [2.75, 3.05) is 13.7 Å². The molecule has 10 heteroatoms. The molecule has 0 saturated heterocycles. The molecule has 0 atom stereocenters. The minimum atomic E-state index is -2.93.